The van der Waals surface area contributed by atoms with E-state index in [0.717, 1.165) is 38.3 Å². The molecule has 1 heterocycles. The van der Waals surface area contributed by atoms with Gasteiger partial charge >= 0.3 is 0 Å². The summed E-state index contributed by atoms with van der Waals surface area (Å²) in [5.74, 6) is -0.105. The van der Waals surface area contributed by atoms with E-state index in [4.69, 9.17) is 11.5 Å². The third-order valence-corrected chi connectivity index (χ3v) is 5.03. The van der Waals surface area contributed by atoms with Crippen molar-refractivity contribution < 1.29 is 4.79 Å². The maximum Gasteiger partial charge on any atom is 0.251 e. The first-order valence-electron chi connectivity index (χ1n) is 9.53. The number of carbonyl (C=O) groups excluding carboxylic acids is 1. The van der Waals surface area contributed by atoms with Gasteiger partial charge in [0.15, 0.2) is 0 Å². The number of nitrogens with two attached hydrogens (primary N) is 2. The second kappa shape index (κ2) is 8.77. The van der Waals surface area contributed by atoms with Crippen LogP contribution in [0.25, 0.3) is 0 Å². The van der Waals surface area contributed by atoms with E-state index in [2.05, 4.69) is 46.3 Å². The molecule has 0 aromatic heterocycles. The Morgan fingerprint density at radius 1 is 1.04 bits per heavy atom. The number of hydrogen-bond acceptors (Lipinski definition) is 5. The average molecular weight is 367 g/mol. The lowest BCUT2D eigenvalue weighted by Gasteiger charge is -2.38. The van der Waals surface area contributed by atoms with Gasteiger partial charge in [-0.3, -0.25) is 4.79 Å². The lowest BCUT2D eigenvalue weighted by Crippen LogP contribution is -2.47. The van der Waals surface area contributed by atoms with E-state index < -0.39 is 0 Å². The number of carbonyl (C=O) groups is 1. The van der Waals surface area contributed by atoms with Crippen LogP contribution in [0.15, 0.2) is 42.5 Å². The molecule has 2 aromatic rings. The summed E-state index contributed by atoms with van der Waals surface area (Å²) in [6.07, 6.45) is 0.768. The number of nitrogens with zero attached hydrogens (tertiary/aromatic N) is 2. The van der Waals surface area contributed by atoms with Gasteiger partial charge in [0.2, 0.25) is 0 Å². The number of hydrogen-bond donors (Lipinski definition) is 3. The fraction of sp³-hybridized carbons (Fsp3) is 0.381. The van der Waals surface area contributed by atoms with Gasteiger partial charge in [-0.05, 0) is 49.7 Å². The molecule has 0 radical (unpaired) electrons. The summed E-state index contributed by atoms with van der Waals surface area (Å²) in [5, 5.41) is 2.86. The number of nitrogen functional groups attached to an aromatic ring is 1. The molecular weight excluding hydrogens is 338 g/mol. The third-order valence-electron chi connectivity index (χ3n) is 5.03. The SMILES string of the molecule is Cc1ccccc1N1CCN(c2ccc(C(=O)NCCCN)cc2N)CC1. The minimum atomic E-state index is -0.105. The van der Waals surface area contributed by atoms with E-state index in [0.29, 0.717) is 24.3 Å². The van der Waals surface area contributed by atoms with E-state index >= 15 is 0 Å². The van der Waals surface area contributed by atoms with Gasteiger partial charge in [0.25, 0.3) is 5.91 Å². The van der Waals surface area contributed by atoms with Crippen molar-refractivity contribution in [3.63, 3.8) is 0 Å². The molecule has 0 unspecified atom stereocenters. The summed E-state index contributed by atoms with van der Waals surface area (Å²) in [7, 11) is 0. The highest BCUT2D eigenvalue weighted by Crippen LogP contribution is 2.27. The normalized spacial score (nSPS) is 14.3. The Balaban J connectivity index is 1.63. The Kier molecular flexibility index (Phi) is 6.19. The molecule has 6 nitrogen and oxygen atoms in total. The van der Waals surface area contributed by atoms with Gasteiger partial charge in [-0.15, -0.1) is 0 Å². The number of anilines is 3. The molecule has 5 N–H and O–H groups in total. The number of aryl methyl sites for hydroxylation is 1. The molecule has 0 saturated carbocycles. The number of nitrogens with one attached hydrogen (secondary N) is 1. The van der Waals surface area contributed by atoms with Gasteiger partial charge < -0.3 is 26.6 Å². The first-order chi connectivity index (χ1) is 13.1. The first kappa shape index (κ1) is 19.0. The largest absolute Gasteiger partial charge is 0.397 e. The van der Waals surface area contributed by atoms with Gasteiger partial charge in [0.1, 0.15) is 0 Å². The lowest BCUT2D eigenvalue weighted by atomic mass is 10.1. The predicted octanol–water partition coefficient (Wildman–Crippen LogP) is 1.98. The highest BCUT2D eigenvalue weighted by atomic mass is 16.1. The quantitative estimate of drug-likeness (QED) is 0.537. The highest BCUT2D eigenvalue weighted by Gasteiger charge is 2.20. The van der Waals surface area contributed by atoms with Crippen LogP contribution in [-0.2, 0) is 0 Å². The molecule has 1 saturated heterocycles. The van der Waals surface area contributed by atoms with Crippen molar-refractivity contribution in [1.29, 1.82) is 0 Å². The summed E-state index contributed by atoms with van der Waals surface area (Å²) in [4.78, 5) is 16.9. The van der Waals surface area contributed by atoms with Gasteiger partial charge in [0.05, 0.1) is 11.4 Å². The van der Waals surface area contributed by atoms with Crippen LogP contribution in [-0.4, -0.2) is 45.2 Å². The standard InChI is InChI=1S/C21H29N5O/c1-16-5-2-3-6-19(16)25-11-13-26(14-12-25)20-8-7-17(15-18(20)23)21(27)24-10-4-9-22/h2-3,5-8,15H,4,9-14,22-23H2,1H3,(H,24,27). The van der Waals surface area contributed by atoms with Crippen LogP contribution in [0, 0.1) is 6.92 Å². The molecule has 0 bridgehead atoms. The Morgan fingerprint density at radius 2 is 1.70 bits per heavy atom. The Hall–Kier alpha value is -2.73. The second-order valence-corrected chi connectivity index (χ2v) is 6.93. The van der Waals surface area contributed by atoms with Crippen LogP contribution in [0.2, 0.25) is 0 Å². The zero-order valence-electron chi connectivity index (χ0n) is 15.9. The number of benzene rings is 2. The molecule has 1 aliphatic heterocycles. The highest BCUT2D eigenvalue weighted by molar-refractivity contribution is 5.96. The summed E-state index contributed by atoms with van der Waals surface area (Å²) in [5.41, 5.74) is 16.5. The maximum atomic E-state index is 12.2. The van der Waals surface area contributed by atoms with Crippen molar-refractivity contribution in [2.45, 2.75) is 13.3 Å². The van der Waals surface area contributed by atoms with Crippen molar-refractivity contribution >= 4 is 23.0 Å². The van der Waals surface area contributed by atoms with Crippen LogP contribution in [0.4, 0.5) is 17.1 Å². The van der Waals surface area contributed by atoms with Crippen molar-refractivity contribution in [2.75, 3.05) is 54.8 Å². The van der Waals surface area contributed by atoms with E-state index in [1.807, 2.05) is 12.1 Å². The third kappa shape index (κ3) is 4.52. The van der Waals surface area contributed by atoms with Crippen LogP contribution in [0.5, 0.6) is 0 Å². The Labute approximate surface area is 161 Å². The molecule has 6 heteroatoms. The monoisotopic (exact) mass is 367 g/mol. The molecule has 1 amide bonds. The number of amides is 1. The average Bonchev–Trinajstić information content (AvgIpc) is 2.69. The smallest absolute Gasteiger partial charge is 0.251 e. The summed E-state index contributed by atoms with van der Waals surface area (Å²) >= 11 is 0. The Morgan fingerprint density at radius 3 is 2.33 bits per heavy atom. The molecular formula is C21H29N5O. The Bertz CT molecular complexity index is 784. The predicted molar refractivity (Wildman–Crippen MR) is 112 cm³/mol. The fourth-order valence-corrected chi connectivity index (χ4v) is 3.50. The van der Waals surface area contributed by atoms with Gasteiger partial charge in [-0.25, -0.2) is 0 Å². The molecule has 0 atom stereocenters. The minimum absolute atomic E-state index is 0.105. The number of para-hydroxylation sites is 1. The maximum absolute atomic E-state index is 12.2. The van der Waals surface area contributed by atoms with Crippen molar-refractivity contribution in [3.8, 4) is 0 Å². The van der Waals surface area contributed by atoms with Crippen LogP contribution in [0.1, 0.15) is 22.3 Å². The fourth-order valence-electron chi connectivity index (χ4n) is 3.50. The molecule has 0 aliphatic carbocycles. The molecule has 3 rings (SSSR count). The molecule has 1 aliphatic rings. The van der Waals surface area contributed by atoms with E-state index in [1.165, 1.54) is 11.3 Å². The molecule has 1 fully saturated rings. The van der Waals surface area contributed by atoms with E-state index in [-0.39, 0.29) is 5.91 Å². The summed E-state index contributed by atoms with van der Waals surface area (Å²) < 4.78 is 0. The van der Waals surface area contributed by atoms with Crippen LogP contribution in [0.3, 0.4) is 0 Å². The van der Waals surface area contributed by atoms with Gasteiger partial charge in [0, 0.05) is 44.0 Å². The van der Waals surface area contributed by atoms with E-state index in [9.17, 15) is 4.79 Å². The lowest BCUT2D eigenvalue weighted by molar-refractivity contribution is 0.0953. The summed E-state index contributed by atoms with van der Waals surface area (Å²) in [6, 6.07) is 14.1. The number of rotatable bonds is 6. The van der Waals surface area contributed by atoms with Gasteiger partial charge in [-0.2, -0.15) is 0 Å². The molecule has 144 valence electrons. The molecule has 27 heavy (non-hydrogen) atoms. The van der Waals surface area contributed by atoms with Crippen LogP contribution >= 0.6 is 0 Å². The van der Waals surface area contributed by atoms with Crippen molar-refractivity contribution in [2.24, 2.45) is 5.73 Å². The molecule has 2 aromatic carbocycles. The minimum Gasteiger partial charge on any atom is -0.397 e. The molecule has 0 spiro atoms. The zero-order valence-corrected chi connectivity index (χ0v) is 15.9. The number of piperazine rings is 1. The topological polar surface area (TPSA) is 87.6 Å². The van der Waals surface area contributed by atoms with Crippen LogP contribution < -0.4 is 26.6 Å². The van der Waals surface area contributed by atoms with Crippen molar-refractivity contribution in [3.05, 3.63) is 53.6 Å². The first-order valence-corrected chi connectivity index (χ1v) is 9.53. The zero-order chi connectivity index (χ0) is 19.2. The second-order valence-electron chi connectivity index (χ2n) is 6.93. The summed E-state index contributed by atoms with van der Waals surface area (Å²) in [6.45, 7) is 7.00. The van der Waals surface area contributed by atoms with E-state index in [1.54, 1.807) is 6.07 Å². The van der Waals surface area contributed by atoms with Gasteiger partial charge in [-0.1, -0.05) is 18.2 Å². The van der Waals surface area contributed by atoms with Crippen molar-refractivity contribution in [1.82, 2.24) is 5.32 Å².